The average Bonchev–Trinajstić information content (AvgIpc) is 2.16. The van der Waals surface area contributed by atoms with Crippen molar-refractivity contribution in [1.29, 1.82) is 0 Å². The van der Waals surface area contributed by atoms with Crippen LogP contribution in [-0.2, 0) is 9.53 Å². The number of carbonyl (C=O) groups is 1. The van der Waals surface area contributed by atoms with E-state index in [2.05, 4.69) is 25.7 Å². The lowest BCUT2D eigenvalue weighted by molar-refractivity contribution is -0.142. The van der Waals surface area contributed by atoms with Crippen LogP contribution in [0.25, 0.3) is 0 Å². The number of ether oxygens (including phenoxy) is 2. The summed E-state index contributed by atoms with van der Waals surface area (Å²) in [7, 11) is 1.31. The normalized spacial score (nSPS) is 9.38. The van der Waals surface area contributed by atoms with Crippen LogP contribution >= 0.6 is 15.9 Å². The van der Waals surface area contributed by atoms with Crippen LogP contribution in [-0.4, -0.2) is 24.7 Å². The molecule has 0 saturated carbocycles. The van der Waals surface area contributed by atoms with Crippen molar-refractivity contribution in [2.45, 2.75) is 0 Å². The van der Waals surface area contributed by atoms with Crippen LogP contribution < -0.4 is 4.74 Å². The molecule has 70 valence electrons. The maximum Gasteiger partial charge on any atom is 0.343 e. The lowest BCUT2D eigenvalue weighted by Gasteiger charge is -2.03. The van der Waals surface area contributed by atoms with Gasteiger partial charge >= 0.3 is 5.97 Å². The first-order valence-electron chi connectivity index (χ1n) is 3.53. The standard InChI is InChI=1S/C8H8BrNO3/c1-12-8(11)5-13-6-2-3-7(9)10-4-6/h2-4H,5H2,1H3. The van der Waals surface area contributed by atoms with E-state index in [-0.39, 0.29) is 6.61 Å². The van der Waals surface area contributed by atoms with Crippen molar-refractivity contribution in [3.8, 4) is 5.75 Å². The zero-order valence-corrected chi connectivity index (χ0v) is 8.58. The number of halogens is 1. The van der Waals surface area contributed by atoms with Crippen molar-refractivity contribution >= 4 is 21.9 Å². The third-order valence-electron chi connectivity index (χ3n) is 1.28. The summed E-state index contributed by atoms with van der Waals surface area (Å²) >= 11 is 3.18. The lowest BCUT2D eigenvalue weighted by Crippen LogP contribution is -2.12. The summed E-state index contributed by atoms with van der Waals surface area (Å²) < 4.78 is 10.2. The summed E-state index contributed by atoms with van der Waals surface area (Å²) in [6.45, 7) is -0.0974. The molecule has 0 aliphatic heterocycles. The van der Waals surface area contributed by atoms with E-state index < -0.39 is 5.97 Å². The van der Waals surface area contributed by atoms with E-state index in [4.69, 9.17) is 4.74 Å². The molecule has 0 aliphatic carbocycles. The largest absolute Gasteiger partial charge is 0.480 e. The summed E-state index contributed by atoms with van der Waals surface area (Å²) in [5, 5.41) is 0. The zero-order valence-electron chi connectivity index (χ0n) is 6.99. The number of hydrogen-bond donors (Lipinski definition) is 0. The average molecular weight is 246 g/mol. The highest BCUT2D eigenvalue weighted by atomic mass is 79.9. The monoisotopic (exact) mass is 245 g/mol. The molecule has 0 aromatic carbocycles. The number of methoxy groups -OCH3 is 1. The van der Waals surface area contributed by atoms with Gasteiger partial charge in [0, 0.05) is 0 Å². The number of rotatable bonds is 3. The highest BCUT2D eigenvalue weighted by Crippen LogP contribution is 2.12. The highest BCUT2D eigenvalue weighted by Gasteiger charge is 2.01. The number of pyridine rings is 1. The number of hydrogen-bond acceptors (Lipinski definition) is 4. The molecule has 1 aromatic rings. The predicted molar refractivity (Wildman–Crippen MR) is 49.4 cm³/mol. The topological polar surface area (TPSA) is 48.4 Å². The van der Waals surface area contributed by atoms with E-state index >= 15 is 0 Å². The molecular formula is C8H8BrNO3. The number of carbonyl (C=O) groups excluding carboxylic acids is 1. The van der Waals surface area contributed by atoms with Crippen molar-refractivity contribution in [3.05, 3.63) is 22.9 Å². The molecular weight excluding hydrogens is 238 g/mol. The van der Waals surface area contributed by atoms with Crippen molar-refractivity contribution in [2.75, 3.05) is 13.7 Å². The fourth-order valence-electron chi connectivity index (χ4n) is 0.649. The maximum atomic E-state index is 10.7. The van der Waals surface area contributed by atoms with E-state index in [0.717, 1.165) is 4.60 Å². The van der Waals surface area contributed by atoms with Gasteiger partial charge in [-0.2, -0.15) is 0 Å². The fourth-order valence-corrected chi connectivity index (χ4v) is 0.883. The first kappa shape index (κ1) is 9.98. The van der Waals surface area contributed by atoms with Gasteiger partial charge in [0.1, 0.15) is 10.4 Å². The Labute approximate surface area is 84.0 Å². The molecule has 5 heteroatoms. The molecule has 0 bridgehead atoms. The molecule has 1 rings (SSSR count). The van der Waals surface area contributed by atoms with Crippen LogP contribution in [0.15, 0.2) is 22.9 Å². The second-order valence-electron chi connectivity index (χ2n) is 2.18. The van der Waals surface area contributed by atoms with Crippen LogP contribution in [0.5, 0.6) is 5.75 Å². The Balaban J connectivity index is 2.46. The molecule has 0 N–H and O–H groups in total. The van der Waals surface area contributed by atoms with Crippen LogP contribution in [0, 0.1) is 0 Å². The Morgan fingerprint density at radius 1 is 1.62 bits per heavy atom. The van der Waals surface area contributed by atoms with E-state index in [9.17, 15) is 4.79 Å². The van der Waals surface area contributed by atoms with E-state index in [1.54, 1.807) is 12.1 Å². The first-order valence-corrected chi connectivity index (χ1v) is 4.33. The summed E-state index contributed by atoms with van der Waals surface area (Å²) in [5.41, 5.74) is 0. The van der Waals surface area contributed by atoms with Gasteiger partial charge in [-0.05, 0) is 28.1 Å². The Morgan fingerprint density at radius 2 is 2.38 bits per heavy atom. The third kappa shape index (κ3) is 3.42. The van der Waals surface area contributed by atoms with Gasteiger partial charge in [-0.15, -0.1) is 0 Å². The number of aromatic nitrogens is 1. The molecule has 1 aromatic heterocycles. The van der Waals surface area contributed by atoms with Gasteiger partial charge in [0.05, 0.1) is 13.3 Å². The molecule has 0 unspecified atom stereocenters. The zero-order chi connectivity index (χ0) is 9.68. The van der Waals surface area contributed by atoms with Crippen LogP contribution in [0.4, 0.5) is 0 Å². The van der Waals surface area contributed by atoms with Gasteiger partial charge in [0.25, 0.3) is 0 Å². The highest BCUT2D eigenvalue weighted by molar-refractivity contribution is 9.10. The van der Waals surface area contributed by atoms with Gasteiger partial charge < -0.3 is 9.47 Å². The summed E-state index contributed by atoms with van der Waals surface area (Å²) in [5.74, 6) is 0.122. The van der Waals surface area contributed by atoms with E-state index in [1.165, 1.54) is 13.3 Å². The first-order chi connectivity index (χ1) is 6.22. The van der Waals surface area contributed by atoms with E-state index in [1.807, 2.05) is 0 Å². The lowest BCUT2D eigenvalue weighted by atomic mass is 10.5. The van der Waals surface area contributed by atoms with Crippen LogP contribution in [0.1, 0.15) is 0 Å². The maximum absolute atomic E-state index is 10.7. The molecule has 4 nitrogen and oxygen atoms in total. The van der Waals surface area contributed by atoms with Gasteiger partial charge in [-0.25, -0.2) is 9.78 Å². The van der Waals surface area contributed by atoms with Gasteiger partial charge in [0.15, 0.2) is 6.61 Å². The molecule has 0 atom stereocenters. The van der Waals surface area contributed by atoms with Crippen molar-refractivity contribution < 1.29 is 14.3 Å². The summed E-state index contributed by atoms with van der Waals surface area (Å²) in [4.78, 5) is 14.6. The molecule has 13 heavy (non-hydrogen) atoms. The smallest absolute Gasteiger partial charge is 0.343 e. The van der Waals surface area contributed by atoms with Crippen molar-refractivity contribution in [3.63, 3.8) is 0 Å². The van der Waals surface area contributed by atoms with Crippen molar-refractivity contribution in [1.82, 2.24) is 4.98 Å². The van der Waals surface area contributed by atoms with Crippen LogP contribution in [0.3, 0.4) is 0 Å². The minimum atomic E-state index is -0.414. The van der Waals surface area contributed by atoms with Gasteiger partial charge in [-0.3, -0.25) is 0 Å². The van der Waals surface area contributed by atoms with Gasteiger partial charge in [-0.1, -0.05) is 0 Å². The van der Waals surface area contributed by atoms with Gasteiger partial charge in [0.2, 0.25) is 0 Å². The minimum absolute atomic E-state index is 0.0974. The van der Waals surface area contributed by atoms with E-state index in [0.29, 0.717) is 5.75 Å². The summed E-state index contributed by atoms with van der Waals surface area (Å²) in [6, 6.07) is 3.44. The molecule has 1 heterocycles. The minimum Gasteiger partial charge on any atom is -0.480 e. The third-order valence-corrected chi connectivity index (χ3v) is 1.75. The second kappa shape index (κ2) is 4.81. The predicted octanol–water partition coefficient (Wildman–Crippen LogP) is 1.40. The molecule has 0 aliphatic rings. The molecule has 0 spiro atoms. The quantitative estimate of drug-likeness (QED) is 0.597. The Morgan fingerprint density at radius 3 is 2.92 bits per heavy atom. The van der Waals surface area contributed by atoms with Crippen LogP contribution in [0.2, 0.25) is 0 Å². The molecule has 0 radical (unpaired) electrons. The molecule has 0 amide bonds. The molecule has 0 saturated heterocycles. The number of nitrogens with zero attached hydrogens (tertiary/aromatic N) is 1. The summed E-state index contributed by atoms with van der Waals surface area (Å²) in [6.07, 6.45) is 1.52. The Bertz CT molecular complexity index is 286. The molecule has 0 fully saturated rings. The Hall–Kier alpha value is -1.10. The second-order valence-corrected chi connectivity index (χ2v) is 2.99. The number of esters is 1. The Kier molecular flexibility index (Phi) is 3.70. The SMILES string of the molecule is COC(=O)COc1ccc(Br)nc1. The fraction of sp³-hybridized carbons (Fsp3) is 0.250. The van der Waals surface area contributed by atoms with Crippen molar-refractivity contribution in [2.24, 2.45) is 0 Å².